The molecule has 3 rings (SSSR count). The maximum Gasteiger partial charge on any atom is 0.421 e. The summed E-state index contributed by atoms with van der Waals surface area (Å²) in [6.45, 7) is 2.37. The van der Waals surface area contributed by atoms with Gasteiger partial charge in [0.15, 0.2) is 0 Å². The second-order valence-corrected chi connectivity index (χ2v) is 7.73. The fourth-order valence-corrected chi connectivity index (χ4v) is 3.37. The number of carbonyl (C=O) groups excluding carboxylic acids is 2. The molecule has 2 heterocycles. The zero-order chi connectivity index (χ0) is 22.5. The van der Waals surface area contributed by atoms with E-state index in [9.17, 15) is 9.59 Å². The van der Waals surface area contributed by atoms with E-state index in [-0.39, 0.29) is 0 Å². The lowest BCUT2D eigenvalue weighted by Crippen LogP contribution is -2.26. The maximum absolute atomic E-state index is 12.9. The molecule has 8 heteroatoms. The molecule has 0 radical (unpaired) electrons. The summed E-state index contributed by atoms with van der Waals surface area (Å²) in [7, 11) is 7.41. The van der Waals surface area contributed by atoms with Crippen molar-refractivity contribution in [1.82, 2.24) is 14.4 Å². The molecule has 31 heavy (non-hydrogen) atoms. The standard InChI is InChI=1S/C23H29N3O5/c1-16(30-22(27)18-7-6-11-25(4)14-18)31-23(28)26-15-17(10-12-24(2)3)20-9-8-19(29-5)13-21(20)26/h6,8-9,11,13-16H,7,10,12H2,1-5H3. The molecule has 0 N–H and O–H groups in total. The van der Waals surface area contributed by atoms with Crippen molar-refractivity contribution in [2.24, 2.45) is 0 Å². The predicted octanol–water partition coefficient (Wildman–Crippen LogP) is 3.36. The molecule has 1 aromatic heterocycles. The van der Waals surface area contributed by atoms with Gasteiger partial charge < -0.3 is 24.0 Å². The molecular weight excluding hydrogens is 398 g/mol. The third-order valence-electron chi connectivity index (χ3n) is 4.96. The van der Waals surface area contributed by atoms with Crippen LogP contribution >= 0.6 is 0 Å². The molecule has 0 saturated heterocycles. The fraction of sp³-hybridized carbons (Fsp3) is 0.391. The minimum Gasteiger partial charge on any atom is -0.497 e. The molecule has 0 saturated carbocycles. The molecule has 1 aromatic carbocycles. The van der Waals surface area contributed by atoms with Crippen LogP contribution in [0.4, 0.5) is 4.79 Å². The summed E-state index contributed by atoms with van der Waals surface area (Å²) in [6, 6.07) is 5.60. The predicted molar refractivity (Wildman–Crippen MR) is 118 cm³/mol. The zero-order valence-electron chi connectivity index (χ0n) is 18.6. The number of carbonyl (C=O) groups is 2. The molecule has 1 aliphatic heterocycles. The lowest BCUT2D eigenvalue weighted by atomic mass is 10.1. The second kappa shape index (κ2) is 9.70. The highest BCUT2D eigenvalue weighted by molar-refractivity contribution is 5.93. The van der Waals surface area contributed by atoms with Gasteiger partial charge >= 0.3 is 12.1 Å². The van der Waals surface area contributed by atoms with Crippen molar-refractivity contribution in [3.63, 3.8) is 0 Å². The summed E-state index contributed by atoms with van der Waals surface area (Å²) >= 11 is 0. The number of benzene rings is 1. The summed E-state index contributed by atoms with van der Waals surface area (Å²) in [5.74, 6) is 0.127. The van der Waals surface area contributed by atoms with Crippen LogP contribution in [0.3, 0.4) is 0 Å². The van der Waals surface area contributed by atoms with Gasteiger partial charge in [-0.1, -0.05) is 6.08 Å². The topological polar surface area (TPSA) is 73.2 Å². The summed E-state index contributed by atoms with van der Waals surface area (Å²) in [6.07, 6.45) is 6.78. The number of esters is 1. The smallest absolute Gasteiger partial charge is 0.421 e. The molecule has 0 fully saturated rings. The number of nitrogens with zero attached hydrogens (tertiary/aromatic N) is 3. The molecule has 2 aromatic rings. The summed E-state index contributed by atoms with van der Waals surface area (Å²) in [5, 5.41) is 0.950. The van der Waals surface area contributed by atoms with Crippen LogP contribution in [0.15, 0.2) is 48.4 Å². The van der Waals surface area contributed by atoms with Crippen LogP contribution in [-0.4, -0.2) is 67.5 Å². The van der Waals surface area contributed by atoms with E-state index in [0.29, 0.717) is 23.3 Å². The first-order valence-corrected chi connectivity index (χ1v) is 10.1. The largest absolute Gasteiger partial charge is 0.497 e. The summed E-state index contributed by atoms with van der Waals surface area (Å²) in [4.78, 5) is 29.1. The Morgan fingerprint density at radius 3 is 2.68 bits per heavy atom. The van der Waals surface area contributed by atoms with Crippen LogP contribution in [-0.2, 0) is 20.7 Å². The zero-order valence-corrected chi connectivity index (χ0v) is 18.6. The first kappa shape index (κ1) is 22.4. The highest BCUT2D eigenvalue weighted by Gasteiger charge is 2.21. The van der Waals surface area contributed by atoms with Gasteiger partial charge in [0.25, 0.3) is 0 Å². The Kier molecular flexibility index (Phi) is 7.02. The minimum atomic E-state index is -1.04. The Labute approximate surface area is 182 Å². The van der Waals surface area contributed by atoms with Gasteiger partial charge in [0.05, 0.1) is 18.2 Å². The van der Waals surface area contributed by atoms with Crippen LogP contribution in [0, 0.1) is 0 Å². The Morgan fingerprint density at radius 2 is 2.00 bits per heavy atom. The second-order valence-electron chi connectivity index (χ2n) is 7.73. The van der Waals surface area contributed by atoms with Gasteiger partial charge in [0, 0.05) is 50.8 Å². The van der Waals surface area contributed by atoms with E-state index >= 15 is 0 Å². The molecule has 8 nitrogen and oxygen atoms in total. The van der Waals surface area contributed by atoms with Crippen LogP contribution in [0.25, 0.3) is 10.9 Å². The van der Waals surface area contributed by atoms with Gasteiger partial charge in [0.1, 0.15) is 5.75 Å². The highest BCUT2D eigenvalue weighted by atomic mass is 16.7. The number of hydrogen-bond donors (Lipinski definition) is 0. The number of rotatable bonds is 7. The van der Waals surface area contributed by atoms with E-state index in [1.165, 1.54) is 11.5 Å². The van der Waals surface area contributed by atoms with Crippen LogP contribution in [0.1, 0.15) is 18.9 Å². The number of methoxy groups -OCH3 is 1. The molecule has 166 valence electrons. The molecular formula is C23H29N3O5. The van der Waals surface area contributed by atoms with Crippen LogP contribution in [0.2, 0.25) is 0 Å². The van der Waals surface area contributed by atoms with Crippen molar-refractivity contribution in [1.29, 1.82) is 0 Å². The van der Waals surface area contributed by atoms with E-state index in [1.54, 1.807) is 30.5 Å². The van der Waals surface area contributed by atoms with Gasteiger partial charge in [-0.3, -0.25) is 4.57 Å². The number of ether oxygens (including phenoxy) is 3. The number of allylic oxidation sites excluding steroid dienone is 1. The quantitative estimate of drug-likeness (QED) is 0.496. The Bertz CT molecular complexity index is 1020. The van der Waals surface area contributed by atoms with Crippen molar-refractivity contribution >= 4 is 23.0 Å². The lowest BCUT2D eigenvalue weighted by molar-refractivity contribution is -0.160. The Morgan fingerprint density at radius 1 is 1.23 bits per heavy atom. The van der Waals surface area contributed by atoms with Gasteiger partial charge in [-0.25, -0.2) is 9.59 Å². The monoisotopic (exact) mass is 427 g/mol. The van der Waals surface area contributed by atoms with Crippen LogP contribution < -0.4 is 4.74 Å². The minimum absolute atomic E-state index is 0.473. The molecule has 0 aliphatic carbocycles. The van der Waals surface area contributed by atoms with E-state index in [0.717, 1.165) is 23.9 Å². The van der Waals surface area contributed by atoms with E-state index in [2.05, 4.69) is 4.90 Å². The van der Waals surface area contributed by atoms with E-state index in [1.807, 2.05) is 45.6 Å². The maximum atomic E-state index is 12.9. The first-order valence-electron chi connectivity index (χ1n) is 10.1. The first-order chi connectivity index (χ1) is 14.8. The summed E-state index contributed by atoms with van der Waals surface area (Å²) in [5.41, 5.74) is 2.20. The number of fused-ring (bicyclic) bond motifs is 1. The highest BCUT2D eigenvalue weighted by Crippen LogP contribution is 2.27. The number of likely N-dealkylation sites (N-methyl/N-ethyl adjacent to an activating group) is 1. The van der Waals surface area contributed by atoms with Crippen molar-refractivity contribution in [3.05, 3.63) is 54.0 Å². The van der Waals surface area contributed by atoms with Gasteiger partial charge in [-0.2, -0.15) is 0 Å². The molecule has 1 atom stereocenters. The average Bonchev–Trinajstić information content (AvgIpc) is 3.10. The van der Waals surface area contributed by atoms with Gasteiger partial charge in [0.2, 0.25) is 6.29 Å². The molecule has 1 unspecified atom stereocenters. The van der Waals surface area contributed by atoms with Crippen molar-refractivity contribution in [3.8, 4) is 5.75 Å². The summed E-state index contributed by atoms with van der Waals surface area (Å²) < 4.78 is 17.5. The van der Waals surface area contributed by atoms with Gasteiger partial charge in [-0.05, 0) is 44.4 Å². The van der Waals surface area contributed by atoms with E-state index < -0.39 is 18.4 Å². The van der Waals surface area contributed by atoms with Crippen molar-refractivity contribution < 1.29 is 23.8 Å². The van der Waals surface area contributed by atoms with E-state index in [4.69, 9.17) is 14.2 Å². The normalized spacial score (nSPS) is 14.5. The average molecular weight is 428 g/mol. The SMILES string of the molecule is COc1ccc2c(CCN(C)C)cn(C(=O)OC(C)OC(=O)C3=CN(C)C=CC3)c2c1. The third kappa shape index (κ3) is 5.46. The molecule has 0 spiro atoms. The van der Waals surface area contributed by atoms with Crippen LogP contribution in [0.5, 0.6) is 5.75 Å². The molecule has 0 amide bonds. The fourth-order valence-electron chi connectivity index (χ4n) is 3.37. The third-order valence-corrected chi connectivity index (χ3v) is 4.96. The number of hydrogen-bond acceptors (Lipinski definition) is 7. The number of aromatic nitrogens is 1. The van der Waals surface area contributed by atoms with Gasteiger partial charge in [-0.15, -0.1) is 0 Å². The molecule has 1 aliphatic rings. The van der Waals surface area contributed by atoms with Crippen molar-refractivity contribution in [2.75, 3.05) is 34.8 Å². The van der Waals surface area contributed by atoms with Crippen molar-refractivity contribution in [2.45, 2.75) is 26.1 Å². The Hall–Kier alpha value is -3.26. The lowest BCUT2D eigenvalue weighted by Gasteiger charge is -2.18. The Balaban J connectivity index is 1.76. The molecule has 0 bridgehead atoms.